The molecule has 0 radical (unpaired) electrons. The van der Waals surface area contributed by atoms with E-state index in [-0.39, 0.29) is 48.7 Å². The van der Waals surface area contributed by atoms with Gasteiger partial charge in [-0.05, 0) is 73.0 Å². The first kappa shape index (κ1) is 42.3. The Kier molecular flexibility index (Phi) is 13.3. The van der Waals surface area contributed by atoms with Crippen molar-refractivity contribution in [1.29, 1.82) is 0 Å². The summed E-state index contributed by atoms with van der Waals surface area (Å²) in [7, 11) is 0. The molecule has 0 unspecified atom stereocenters. The summed E-state index contributed by atoms with van der Waals surface area (Å²) in [5.41, 5.74) is 9.59. The van der Waals surface area contributed by atoms with Crippen molar-refractivity contribution in [3.63, 3.8) is 0 Å². The van der Waals surface area contributed by atoms with Crippen LogP contribution in [0.25, 0.3) is 31.8 Å². The lowest BCUT2D eigenvalue weighted by atomic mass is 9.95. The Morgan fingerprint density at radius 3 is 2.51 bits per heavy atom. The van der Waals surface area contributed by atoms with Crippen molar-refractivity contribution in [3.8, 4) is 45.0 Å². The van der Waals surface area contributed by atoms with E-state index in [1.807, 2.05) is 0 Å². The SMILES string of the molecule is CCOC(=O)[C@@H](Cc1cc(OCC(=O)O)ccc1OCc1ccnc(OCCC(F)(F)F)n1)Oc1ncnc2sc(-c3ccc(F)cc3)c(-c3ccc(N)c(Cl)c3C)c12. The van der Waals surface area contributed by atoms with Gasteiger partial charge in [0.05, 0.1) is 34.8 Å². The van der Waals surface area contributed by atoms with Gasteiger partial charge in [0.1, 0.15) is 41.7 Å². The molecular weight excluding hydrogens is 822 g/mol. The molecule has 13 nitrogen and oxygen atoms in total. The summed E-state index contributed by atoms with van der Waals surface area (Å²) in [6.45, 7) is 1.84. The number of hydrogen-bond donors (Lipinski definition) is 2. The minimum Gasteiger partial charge on any atom is -0.487 e. The number of nitrogens with two attached hydrogens (primary N) is 1. The Morgan fingerprint density at radius 1 is 1.00 bits per heavy atom. The number of fused-ring (bicyclic) bond motifs is 1. The van der Waals surface area contributed by atoms with Crippen LogP contribution >= 0.6 is 22.9 Å². The highest BCUT2D eigenvalue weighted by Gasteiger charge is 2.30. The van der Waals surface area contributed by atoms with Gasteiger partial charge in [0.25, 0.3) is 0 Å². The zero-order chi connectivity index (χ0) is 42.3. The van der Waals surface area contributed by atoms with Crippen molar-refractivity contribution < 1.29 is 55.9 Å². The molecule has 3 aromatic carbocycles. The maximum Gasteiger partial charge on any atom is 0.392 e. The van der Waals surface area contributed by atoms with Crippen LogP contribution in [0.4, 0.5) is 23.2 Å². The van der Waals surface area contributed by atoms with Crippen molar-refractivity contribution in [1.82, 2.24) is 19.9 Å². The zero-order valence-electron chi connectivity index (χ0n) is 31.2. The Labute approximate surface area is 342 Å². The lowest BCUT2D eigenvalue weighted by Gasteiger charge is -2.20. The number of nitrogen functional groups attached to an aromatic ring is 1. The average Bonchev–Trinajstić information content (AvgIpc) is 3.59. The molecule has 308 valence electrons. The van der Waals surface area contributed by atoms with Gasteiger partial charge in [-0.2, -0.15) is 18.2 Å². The second-order valence-electron chi connectivity index (χ2n) is 12.7. The Morgan fingerprint density at radius 2 is 1.78 bits per heavy atom. The first-order valence-electron chi connectivity index (χ1n) is 17.7. The molecule has 0 fully saturated rings. The second kappa shape index (κ2) is 18.5. The maximum atomic E-state index is 14.1. The molecule has 6 aromatic rings. The van der Waals surface area contributed by atoms with E-state index in [0.29, 0.717) is 53.6 Å². The molecule has 3 aromatic heterocycles. The topological polar surface area (TPSA) is 178 Å². The summed E-state index contributed by atoms with van der Waals surface area (Å²) >= 11 is 7.92. The predicted octanol–water partition coefficient (Wildman–Crippen LogP) is 8.43. The number of benzene rings is 3. The van der Waals surface area contributed by atoms with Crippen LogP contribution in [-0.2, 0) is 27.4 Å². The van der Waals surface area contributed by atoms with E-state index in [1.54, 1.807) is 38.1 Å². The fourth-order valence-electron chi connectivity index (χ4n) is 5.80. The Bertz CT molecular complexity index is 2470. The summed E-state index contributed by atoms with van der Waals surface area (Å²) in [5.74, 6) is -2.11. The Hall–Kier alpha value is -6.27. The van der Waals surface area contributed by atoms with Crippen molar-refractivity contribution in [2.75, 3.05) is 25.6 Å². The van der Waals surface area contributed by atoms with Gasteiger partial charge in [0.2, 0.25) is 12.0 Å². The van der Waals surface area contributed by atoms with Crippen LogP contribution in [0.2, 0.25) is 5.02 Å². The molecule has 0 amide bonds. The molecule has 59 heavy (non-hydrogen) atoms. The largest absolute Gasteiger partial charge is 0.487 e. The van der Waals surface area contributed by atoms with Gasteiger partial charge in [-0.15, -0.1) is 11.3 Å². The van der Waals surface area contributed by atoms with E-state index in [4.69, 9.17) is 41.0 Å². The van der Waals surface area contributed by atoms with Crippen LogP contribution in [0.5, 0.6) is 23.4 Å². The first-order valence-corrected chi connectivity index (χ1v) is 18.9. The summed E-state index contributed by atoms with van der Waals surface area (Å²) < 4.78 is 80.4. The monoisotopic (exact) mass is 855 g/mol. The predicted molar refractivity (Wildman–Crippen MR) is 209 cm³/mol. The van der Waals surface area contributed by atoms with E-state index >= 15 is 0 Å². The quantitative estimate of drug-likeness (QED) is 0.0508. The fourth-order valence-corrected chi connectivity index (χ4v) is 7.12. The summed E-state index contributed by atoms with van der Waals surface area (Å²) in [6.07, 6.45) is -4.67. The number of carboxylic acid groups (broad SMARTS) is 1. The standard InChI is InChI=1S/C40H34ClF4N5O8S/c1-3-54-38(53)30(17-23-16-26(56-19-31(51)52)8-11-29(23)57-18-25-12-14-47-39(50-25)55-15-13-40(43,44)45)58-36-33-32(27-9-10-28(46)34(41)21(27)2)35(59-37(33)49-20-48-36)22-4-6-24(42)7-5-22/h4-12,14,16,20,30H,3,13,15,17-19,46H2,1-2H3,(H,51,52)/t30-/m1/s1. The highest BCUT2D eigenvalue weighted by Crippen LogP contribution is 2.49. The molecule has 0 spiro atoms. The lowest BCUT2D eigenvalue weighted by Crippen LogP contribution is -2.32. The van der Waals surface area contributed by atoms with Crippen LogP contribution in [0, 0.1) is 12.7 Å². The van der Waals surface area contributed by atoms with Gasteiger partial charge in [-0.1, -0.05) is 29.8 Å². The molecule has 0 aliphatic carbocycles. The molecular formula is C40H34ClF4N5O8S. The smallest absolute Gasteiger partial charge is 0.392 e. The normalized spacial score (nSPS) is 11.9. The van der Waals surface area contributed by atoms with Crippen molar-refractivity contribution in [2.24, 2.45) is 0 Å². The molecule has 19 heteroatoms. The minimum atomic E-state index is -4.43. The molecule has 3 heterocycles. The molecule has 6 rings (SSSR count). The zero-order valence-corrected chi connectivity index (χ0v) is 32.8. The van der Waals surface area contributed by atoms with Gasteiger partial charge in [-0.3, -0.25) is 0 Å². The van der Waals surface area contributed by atoms with Gasteiger partial charge < -0.3 is 34.5 Å². The molecule has 0 saturated carbocycles. The van der Waals surface area contributed by atoms with Crippen molar-refractivity contribution in [2.45, 2.75) is 45.6 Å². The first-order chi connectivity index (χ1) is 28.2. The van der Waals surface area contributed by atoms with Crippen LogP contribution in [0.15, 0.2) is 73.2 Å². The van der Waals surface area contributed by atoms with Crippen LogP contribution in [0.1, 0.15) is 30.2 Å². The Balaban J connectivity index is 1.39. The van der Waals surface area contributed by atoms with E-state index in [1.165, 1.54) is 60.3 Å². The average molecular weight is 856 g/mol. The number of hydrogen-bond acceptors (Lipinski definition) is 13. The summed E-state index contributed by atoms with van der Waals surface area (Å²) in [5, 5.41) is 9.98. The van der Waals surface area contributed by atoms with Gasteiger partial charge in [0, 0.05) is 28.6 Å². The van der Waals surface area contributed by atoms with E-state index < -0.39 is 49.7 Å². The van der Waals surface area contributed by atoms with Gasteiger partial charge in [-0.25, -0.2) is 28.9 Å². The third-order valence-corrected chi connectivity index (χ3v) is 10.2. The van der Waals surface area contributed by atoms with E-state index in [9.17, 15) is 32.3 Å². The molecule has 0 saturated heterocycles. The number of aromatic nitrogens is 4. The summed E-state index contributed by atoms with van der Waals surface area (Å²) in [4.78, 5) is 43.1. The number of carbonyl (C=O) groups excluding carboxylic acids is 1. The number of aliphatic carboxylic acids is 1. The van der Waals surface area contributed by atoms with Crippen molar-refractivity contribution >= 4 is 50.8 Å². The maximum absolute atomic E-state index is 14.1. The highest BCUT2D eigenvalue weighted by molar-refractivity contribution is 7.22. The number of carbonyl (C=O) groups is 2. The van der Waals surface area contributed by atoms with E-state index in [2.05, 4.69) is 19.9 Å². The number of esters is 1. The number of halogens is 5. The highest BCUT2D eigenvalue weighted by atomic mass is 35.5. The van der Waals surface area contributed by atoms with Crippen LogP contribution in [-0.4, -0.2) is 69.1 Å². The molecule has 0 aliphatic rings. The van der Waals surface area contributed by atoms with Gasteiger partial charge >= 0.3 is 24.1 Å². The summed E-state index contributed by atoms with van der Waals surface area (Å²) in [6, 6.07) is 14.9. The fraction of sp³-hybridized carbons (Fsp3) is 0.250. The van der Waals surface area contributed by atoms with Crippen LogP contribution < -0.4 is 24.7 Å². The number of thiophene rings is 1. The van der Waals surface area contributed by atoms with Gasteiger partial charge in [0.15, 0.2) is 6.61 Å². The number of ether oxygens (including phenoxy) is 5. The van der Waals surface area contributed by atoms with E-state index in [0.717, 1.165) is 0 Å². The molecule has 0 aliphatic heterocycles. The molecule has 3 N–H and O–H groups in total. The minimum absolute atomic E-state index is 0.000185. The second-order valence-corrected chi connectivity index (χ2v) is 14.0. The number of nitrogens with zero attached hydrogens (tertiary/aromatic N) is 4. The number of anilines is 1. The number of alkyl halides is 3. The lowest BCUT2D eigenvalue weighted by molar-refractivity contribution is -0.151. The molecule has 0 bridgehead atoms. The third-order valence-electron chi connectivity index (χ3n) is 8.53. The van der Waals surface area contributed by atoms with Crippen molar-refractivity contribution in [3.05, 3.63) is 101 Å². The third kappa shape index (κ3) is 10.6. The molecule has 1 atom stereocenters. The van der Waals surface area contributed by atoms with Crippen LogP contribution in [0.3, 0.4) is 0 Å². The number of rotatable bonds is 17. The number of carboxylic acids is 1.